The third kappa shape index (κ3) is 5.51. The fraction of sp³-hybridized carbons (Fsp3) is 0.312. The van der Waals surface area contributed by atoms with Gasteiger partial charge in [0.05, 0.1) is 17.7 Å². The van der Waals surface area contributed by atoms with Gasteiger partial charge >= 0.3 is 6.09 Å². The van der Waals surface area contributed by atoms with Gasteiger partial charge in [0, 0.05) is 29.7 Å². The van der Waals surface area contributed by atoms with Gasteiger partial charge in [0.15, 0.2) is 5.65 Å². The number of ether oxygens (including phenoxy) is 2. The molecule has 0 spiro atoms. The molecule has 0 bridgehead atoms. The SMILES string of the molecule is COc1ccc(F)cc1-c1ccnc2c1cc(C1=CCN(C(=O)OC(C)(C)C)[C@@H](C)C1)n2S(=O)(=O)c1ccc(C)cc1. The highest BCUT2D eigenvalue weighted by Gasteiger charge is 2.32. The summed E-state index contributed by atoms with van der Waals surface area (Å²) in [6, 6.07) is 14.1. The van der Waals surface area contributed by atoms with E-state index >= 15 is 0 Å². The Kier molecular flexibility index (Phi) is 7.61. The summed E-state index contributed by atoms with van der Waals surface area (Å²) in [6.45, 7) is 9.47. The molecule has 1 amide bonds. The molecule has 4 aromatic rings. The molecule has 0 saturated heterocycles. The minimum absolute atomic E-state index is 0.113. The molecule has 220 valence electrons. The summed E-state index contributed by atoms with van der Waals surface area (Å²) in [7, 11) is -2.61. The fourth-order valence-corrected chi connectivity index (χ4v) is 6.66. The van der Waals surface area contributed by atoms with Gasteiger partial charge in [0.1, 0.15) is 17.2 Å². The summed E-state index contributed by atoms with van der Waals surface area (Å²) in [5.41, 5.74) is 2.72. The molecule has 0 radical (unpaired) electrons. The highest BCUT2D eigenvalue weighted by Crippen LogP contribution is 2.40. The van der Waals surface area contributed by atoms with Gasteiger partial charge < -0.3 is 14.4 Å². The number of methoxy groups -OCH3 is 1. The number of halogens is 1. The topological polar surface area (TPSA) is 90.7 Å². The van der Waals surface area contributed by atoms with Gasteiger partial charge in [-0.05, 0) is 94.6 Å². The van der Waals surface area contributed by atoms with Crippen LogP contribution in [0.15, 0.2) is 71.8 Å². The Hall–Kier alpha value is -4.18. The second kappa shape index (κ2) is 10.9. The summed E-state index contributed by atoms with van der Waals surface area (Å²) in [5.74, 6) is -0.00755. The van der Waals surface area contributed by atoms with E-state index in [1.807, 2.05) is 40.7 Å². The summed E-state index contributed by atoms with van der Waals surface area (Å²) in [5, 5.41) is 0.523. The van der Waals surface area contributed by atoms with Crippen LogP contribution in [-0.4, -0.2) is 53.7 Å². The molecular formula is C32H34FN3O5S. The van der Waals surface area contributed by atoms with Crippen molar-refractivity contribution < 1.29 is 27.1 Å². The Morgan fingerprint density at radius 1 is 1.05 bits per heavy atom. The van der Waals surface area contributed by atoms with E-state index in [0.29, 0.717) is 34.4 Å². The molecule has 2 aromatic carbocycles. The van der Waals surface area contributed by atoms with Crippen molar-refractivity contribution in [3.63, 3.8) is 0 Å². The van der Waals surface area contributed by atoms with Crippen molar-refractivity contribution in [1.29, 1.82) is 0 Å². The first kappa shape index (κ1) is 29.3. The van der Waals surface area contributed by atoms with E-state index in [9.17, 15) is 17.6 Å². The monoisotopic (exact) mass is 591 g/mol. The van der Waals surface area contributed by atoms with E-state index in [4.69, 9.17) is 9.47 Å². The van der Waals surface area contributed by atoms with E-state index in [-0.39, 0.29) is 23.1 Å². The van der Waals surface area contributed by atoms with Crippen LogP contribution in [0, 0.1) is 12.7 Å². The zero-order valence-corrected chi connectivity index (χ0v) is 25.3. The number of pyridine rings is 1. The van der Waals surface area contributed by atoms with Crippen molar-refractivity contribution in [3.05, 3.63) is 83.9 Å². The zero-order valence-electron chi connectivity index (χ0n) is 24.5. The standard InChI is InChI=1S/C32H34FN3O5S/c1-20-7-10-24(11-8-20)42(38,39)36-28(22-14-16-35(21(2)17-22)31(37)41-32(3,4)5)19-27-25(13-15-34-30(27)36)26-18-23(33)9-12-29(26)40-6/h7-15,18-19,21H,16-17H2,1-6H3/t21-/m0/s1. The molecule has 10 heteroatoms. The molecule has 42 heavy (non-hydrogen) atoms. The first-order chi connectivity index (χ1) is 19.8. The predicted molar refractivity (Wildman–Crippen MR) is 160 cm³/mol. The maximum absolute atomic E-state index is 14.4. The molecule has 1 atom stereocenters. The maximum atomic E-state index is 14.4. The summed E-state index contributed by atoms with van der Waals surface area (Å²) in [6.07, 6.45) is 3.31. The first-order valence-electron chi connectivity index (χ1n) is 13.7. The number of benzene rings is 2. The Morgan fingerprint density at radius 3 is 2.40 bits per heavy atom. The second-order valence-corrected chi connectivity index (χ2v) is 13.3. The van der Waals surface area contributed by atoms with Crippen LogP contribution in [0.2, 0.25) is 0 Å². The lowest BCUT2D eigenvalue weighted by Gasteiger charge is -2.34. The number of fused-ring (bicyclic) bond motifs is 1. The average Bonchev–Trinajstić information content (AvgIpc) is 3.33. The number of carbonyl (C=O) groups is 1. The lowest BCUT2D eigenvalue weighted by Crippen LogP contribution is -2.44. The van der Waals surface area contributed by atoms with E-state index in [0.717, 1.165) is 11.1 Å². The molecule has 0 aliphatic carbocycles. The van der Waals surface area contributed by atoms with E-state index in [1.165, 1.54) is 35.5 Å². The number of hydrogen-bond acceptors (Lipinski definition) is 6. The van der Waals surface area contributed by atoms with Crippen LogP contribution in [0.4, 0.5) is 9.18 Å². The third-order valence-electron chi connectivity index (χ3n) is 7.21. The molecule has 0 N–H and O–H groups in total. The Balaban J connectivity index is 1.72. The van der Waals surface area contributed by atoms with Gasteiger partial charge in [0.25, 0.3) is 10.0 Å². The Morgan fingerprint density at radius 2 is 1.76 bits per heavy atom. The molecule has 0 unspecified atom stereocenters. The minimum Gasteiger partial charge on any atom is -0.496 e. The van der Waals surface area contributed by atoms with Gasteiger partial charge in [-0.1, -0.05) is 23.8 Å². The quantitative estimate of drug-likeness (QED) is 0.253. The van der Waals surface area contributed by atoms with Crippen LogP contribution < -0.4 is 4.74 Å². The molecule has 1 aliphatic heterocycles. The molecule has 0 fully saturated rings. The molecule has 8 nitrogen and oxygen atoms in total. The summed E-state index contributed by atoms with van der Waals surface area (Å²) >= 11 is 0. The fourth-order valence-electron chi connectivity index (χ4n) is 5.17. The zero-order chi connectivity index (χ0) is 30.4. The lowest BCUT2D eigenvalue weighted by atomic mass is 9.98. The summed E-state index contributed by atoms with van der Waals surface area (Å²) < 4.78 is 55.3. The minimum atomic E-state index is -4.11. The number of hydrogen-bond donors (Lipinski definition) is 0. The van der Waals surface area contributed by atoms with Crippen molar-refractivity contribution in [3.8, 4) is 16.9 Å². The van der Waals surface area contributed by atoms with Gasteiger partial charge in [0.2, 0.25) is 0 Å². The number of nitrogens with zero attached hydrogens (tertiary/aromatic N) is 3. The maximum Gasteiger partial charge on any atom is 0.410 e. The largest absolute Gasteiger partial charge is 0.496 e. The molecule has 1 aliphatic rings. The van der Waals surface area contributed by atoms with Crippen LogP contribution in [0.5, 0.6) is 5.75 Å². The Bertz CT molecular complexity index is 1800. The van der Waals surface area contributed by atoms with Gasteiger partial charge in [-0.2, -0.15) is 0 Å². The highest BCUT2D eigenvalue weighted by molar-refractivity contribution is 7.90. The van der Waals surface area contributed by atoms with Crippen molar-refractivity contribution >= 4 is 32.7 Å². The van der Waals surface area contributed by atoms with E-state index in [1.54, 1.807) is 41.3 Å². The molecule has 2 aromatic heterocycles. The van der Waals surface area contributed by atoms with Gasteiger partial charge in [-0.25, -0.2) is 26.6 Å². The third-order valence-corrected chi connectivity index (χ3v) is 8.93. The number of amides is 1. The second-order valence-electron chi connectivity index (χ2n) is 11.5. The Labute approximate surface area is 245 Å². The number of carbonyl (C=O) groups excluding carboxylic acids is 1. The molecule has 3 heterocycles. The van der Waals surface area contributed by atoms with E-state index in [2.05, 4.69) is 4.98 Å². The van der Waals surface area contributed by atoms with Crippen LogP contribution >= 0.6 is 0 Å². The van der Waals surface area contributed by atoms with Crippen molar-refractivity contribution in [2.75, 3.05) is 13.7 Å². The van der Waals surface area contributed by atoms with Gasteiger partial charge in [-0.3, -0.25) is 0 Å². The van der Waals surface area contributed by atoms with Crippen LogP contribution in [0.25, 0.3) is 27.7 Å². The smallest absolute Gasteiger partial charge is 0.410 e. The number of aromatic nitrogens is 2. The van der Waals surface area contributed by atoms with Crippen LogP contribution in [0.1, 0.15) is 45.4 Å². The van der Waals surface area contributed by atoms with Crippen molar-refractivity contribution in [1.82, 2.24) is 13.9 Å². The number of rotatable bonds is 5. The molecule has 5 rings (SSSR count). The highest BCUT2D eigenvalue weighted by atomic mass is 32.2. The van der Waals surface area contributed by atoms with Crippen LogP contribution in [0.3, 0.4) is 0 Å². The lowest BCUT2D eigenvalue weighted by molar-refractivity contribution is 0.0198. The van der Waals surface area contributed by atoms with E-state index < -0.39 is 27.5 Å². The van der Waals surface area contributed by atoms with Crippen LogP contribution in [-0.2, 0) is 14.8 Å². The average molecular weight is 592 g/mol. The normalized spacial score (nSPS) is 15.9. The summed E-state index contributed by atoms with van der Waals surface area (Å²) in [4.78, 5) is 19.1. The molecule has 0 saturated carbocycles. The van der Waals surface area contributed by atoms with Crippen molar-refractivity contribution in [2.45, 2.75) is 57.6 Å². The van der Waals surface area contributed by atoms with Crippen molar-refractivity contribution in [2.24, 2.45) is 0 Å². The first-order valence-corrected chi connectivity index (χ1v) is 15.1. The predicted octanol–water partition coefficient (Wildman–Crippen LogP) is 6.81. The number of aryl methyl sites for hydroxylation is 1. The molecular weight excluding hydrogens is 557 g/mol. The van der Waals surface area contributed by atoms with Gasteiger partial charge in [-0.15, -0.1) is 0 Å².